The Bertz CT molecular complexity index is 435. The van der Waals surface area contributed by atoms with Crippen LogP contribution in [0.25, 0.3) is 0 Å². The predicted octanol–water partition coefficient (Wildman–Crippen LogP) is 0.895. The van der Waals surface area contributed by atoms with Gasteiger partial charge in [-0.15, -0.1) is 11.3 Å². The molecule has 1 saturated carbocycles. The normalized spacial score (nSPS) is 16.9. The van der Waals surface area contributed by atoms with Gasteiger partial charge in [0.15, 0.2) is 0 Å². The second kappa shape index (κ2) is 4.21. The number of nitrogens with two attached hydrogens (primary N) is 1. The highest BCUT2D eigenvalue weighted by molar-refractivity contribution is 7.91. The van der Waals surface area contributed by atoms with Crippen LogP contribution in [0.4, 0.5) is 0 Å². The summed E-state index contributed by atoms with van der Waals surface area (Å²) >= 11 is 1.22. The smallest absolute Gasteiger partial charge is 0.250 e. The molecular weight excluding hydrogens is 232 g/mol. The molecule has 1 aliphatic carbocycles. The van der Waals surface area contributed by atoms with E-state index in [2.05, 4.69) is 4.72 Å². The number of nitrogens with one attached hydrogen (secondary N) is 1. The molecule has 6 heteroatoms. The van der Waals surface area contributed by atoms with Gasteiger partial charge < -0.3 is 5.73 Å². The van der Waals surface area contributed by atoms with Gasteiger partial charge in [-0.2, -0.15) is 0 Å². The topological polar surface area (TPSA) is 72.2 Å². The zero-order valence-corrected chi connectivity index (χ0v) is 9.90. The first-order chi connectivity index (χ1) is 7.12. The molecular formula is C9H14N2O2S2. The van der Waals surface area contributed by atoms with Gasteiger partial charge in [0.2, 0.25) is 10.0 Å². The summed E-state index contributed by atoms with van der Waals surface area (Å²) in [5, 5.41) is 1.78. The Morgan fingerprint density at radius 3 is 2.80 bits per heavy atom. The second-order valence-corrected chi connectivity index (χ2v) is 6.68. The molecule has 0 radical (unpaired) electrons. The highest BCUT2D eigenvalue weighted by Crippen LogP contribution is 2.28. The molecule has 1 heterocycles. The van der Waals surface area contributed by atoms with E-state index in [1.54, 1.807) is 11.4 Å². The molecule has 0 bridgehead atoms. The lowest BCUT2D eigenvalue weighted by molar-refractivity contribution is 0.579. The second-order valence-electron chi connectivity index (χ2n) is 3.77. The van der Waals surface area contributed by atoms with E-state index in [-0.39, 0.29) is 0 Å². The number of rotatable bonds is 5. The number of thiophene rings is 1. The van der Waals surface area contributed by atoms with Gasteiger partial charge in [0.1, 0.15) is 4.21 Å². The summed E-state index contributed by atoms with van der Waals surface area (Å²) in [5.41, 5.74) is 6.30. The van der Waals surface area contributed by atoms with Gasteiger partial charge in [-0.05, 0) is 35.8 Å². The fourth-order valence-electron chi connectivity index (χ4n) is 1.22. The van der Waals surface area contributed by atoms with Crippen LogP contribution in [0.2, 0.25) is 0 Å². The highest BCUT2D eigenvalue weighted by atomic mass is 32.2. The highest BCUT2D eigenvalue weighted by Gasteiger charge is 2.24. The van der Waals surface area contributed by atoms with Crippen molar-refractivity contribution >= 4 is 21.4 Å². The summed E-state index contributed by atoms with van der Waals surface area (Å²) in [5.74, 6) is 0.550. The molecule has 4 nitrogen and oxygen atoms in total. The lowest BCUT2D eigenvalue weighted by Crippen LogP contribution is -2.25. The minimum atomic E-state index is -3.29. The molecule has 2 rings (SSSR count). The molecule has 15 heavy (non-hydrogen) atoms. The number of hydrogen-bond donors (Lipinski definition) is 2. The van der Waals surface area contributed by atoms with Crippen molar-refractivity contribution in [2.45, 2.75) is 23.6 Å². The van der Waals surface area contributed by atoms with Crippen LogP contribution in [0.15, 0.2) is 15.7 Å². The van der Waals surface area contributed by atoms with Crippen molar-refractivity contribution in [1.82, 2.24) is 4.72 Å². The van der Waals surface area contributed by atoms with Gasteiger partial charge in [-0.1, -0.05) is 0 Å². The quantitative estimate of drug-likeness (QED) is 0.810. The SMILES string of the molecule is NCc1csc(S(=O)(=O)NCC2CC2)c1. The van der Waals surface area contributed by atoms with Crippen molar-refractivity contribution in [3.8, 4) is 0 Å². The Morgan fingerprint density at radius 1 is 1.53 bits per heavy atom. The zero-order chi connectivity index (χ0) is 10.9. The summed E-state index contributed by atoms with van der Waals surface area (Å²) in [6.45, 7) is 0.951. The number of sulfonamides is 1. The Morgan fingerprint density at radius 2 is 2.27 bits per heavy atom. The van der Waals surface area contributed by atoms with Crippen molar-refractivity contribution in [1.29, 1.82) is 0 Å². The molecule has 3 N–H and O–H groups in total. The maximum atomic E-state index is 11.8. The van der Waals surface area contributed by atoms with E-state index in [0.717, 1.165) is 18.4 Å². The molecule has 0 saturated heterocycles. The van der Waals surface area contributed by atoms with Crippen LogP contribution in [-0.4, -0.2) is 15.0 Å². The molecule has 0 aliphatic heterocycles. The summed E-state index contributed by atoms with van der Waals surface area (Å²) < 4.78 is 26.5. The van der Waals surface area contributed by atoms with E-state index in [9.17, 15) is 8.42 Å². The maximum Gasteiger partial charge on any atom is 0.250 e. The third-order valence-electron chi connectivity index (χ3n) is 2.39. The van der Waals surface area contributed by atoms with E-state index in [4.69, 9.17) is 5.73 Å². The molecule has 1 aliphatic rings. The van der Waals surface area contributed by atoms with Crippen LogP contribution < -0.4 is 10.5 Å². The molecule has 1 aromatic rings. The van der Waals surface area contributed by atoms with Crippen molar-refractivity contribution in [2.24, 2.45) is 11.7 Å². The molecule has 84 valence electrons. The van der Waals surface area contributed by atoms with Crippen LogP contribution in [-0.2, 0) is 16.6 Å². The van der Waals surface area contributed by atoms with E-state index < -0.39 is 10.0 Å². The van der Waals surface area contributed by atoms with Crippen LogP contribution in [0.5, 0.6) is 0 Å². The lowest BCUT2D eigenvalue weighted by atomic mass is 10.4. The van der Waals surface area contributed by atoms with Crippen LogP contribution in [0, 0.1) is 5.92 Å². The minimum Gasteiger partial charge on any atom is -0.326 e. The molecule has 1 fully saturated rings. The molecule has 0 spiro atoms. The molecule has 0 unspecified atom stereocenters. The average Bonchev–Trinajstić information content (AvgIpc) is 2.90. The lowest BCUT2D eigenvalue weighted by Gasteiger charge is -2.02. The van der Waals surface area contributed by atoms with Gasteiger partial charge in [0.05, 0.1) is 0 Å². The Kier molecular flexibility index (Phi) is 3.11. The van der Waals surface area contributed by atoms with E-state index in [0.29, 0.717) is 23.2 Å². The summed E-state index contributed by atoms with van der Waals surface area (Å²) in [6, 6.07) is 1.64. The molecule has 0 aromatic carbocycles. The largest absolute Gasteiger partial charge is 0.326 e. The first-order valence-electron chi connectivity index (χ1n) is 4.89. The first kappa shape index (κ1) is 11.1. The maximum absolute atomic E-state index is 11.8. The minimum absolute atomic E-state index is 0.364. The van der Waals surface area contributed by atoms with Crippen molar-refractivity contribution < 1.29 is 8.42 Å². The van der Waals surface area contributed by atoms with Gasteiger partial charge in [-0.3, -0.25) is 0 Å². The summed E-state index contributed by atoms with van der Waals surface area (Å²) in [7, 11) is -3.29. The summed E-state index contributed by atoms with van der Waals surface area (Å²) in [6.07, 6.45) is 2.28. The van der Waals surface area contributed by atoms with Gasteiger partial charge in [0, 0.05) is 13.1 Å². The molecule has 0 amide bonds. The Hall–Kier alpha value is -0.430. The molecule has 1 aromatic heterocycles. The predicted molar refractivity (Wildman–Crippen MR) is 60.1 cm³/mol. The van der Waals surface area contributed by atoms with Crippen molar-refractivity contribution in [2.75, 3.05) is 6.54 Å². The monoisotopic (exact) mass is 246 g/mol. The zero-order valence-electron chi connectivity index (χ0n) is 8.27. The third kappa shape index (κ3) is 2.78. The van der Waals surface area contributed by atoms with Crippen LogP contribution in [0.3, 0.4) is 0 Å². The fourth-order valence-corrected chi connectivity index (χ4v) is 3.60. The van der Waals surface area contributed by atoms with Gasteiger partial charge in [0.25, 0.3) is 0 Å². The Labute approximate surface area is 93.5 Å². The third-order valence-corrected chi connectivity index (χ3v) is 5.30. The standard InChI is InChI=1S/C9H14N2O2S2/c10-4-8-3-9(14-6-8)15(12,13)11-5-7-1-2-7/h3,6-7,11H,1-2,4-5,10H2. The Balaban J connectivity index is 2.05. The van der Waals surface area contributed by atoms with Gasteiger partial charge in [-0.25, -0.2) is 13.1 Å². The van der Waals surface area contributed by atoms with Crippen molar-refractivity contribution in [3.05, 3.63) is 17.0 Å². The van der Waals surface area contributed by atoms with Gasteiger partial charge >= 0.3 is 0 Å². The van der Waals surface area contributed by atoms with Crippen LogP contribution in [0.1, 0.15) is 18.4 Å². The first-order valence-corrected chi connectivity index (χ1v) is 7.25. The average molecular weight is 246 g/mol. The van der Waals surface area contributed by atoms with Crippen LogP contribution >= 0.6 is 11.3 Å². The number of hydrogen-bond acceptors (Lipinski definition) is 4. The van der Waals surface area contributed by atoms with Crippen molar-refractivity contribution in [3.63, 3.8) is 0 Å². The fraction of sp³-hybridized carbons (Fsp3) is 0.556. The molecule has 0 atom stereocenters. The van der Waals surface area contributed by atoms with E-state index in [1.807, 2.05) is 0 Å². The summed E-state index contributed by atoms with van der Waals surface area (Å²) in [4.78, 5) is 0. The van der Waals surface area contributed by atoms with E-state index in [1.165, 1.54) is 11.3 Å². The van der Waals surface area contributed by atoms with E-state index >= 15 is 0 Å².